The second kappa shape index (κ2) is 3.95. The summed E-state index contributed by atoms with van der Waals surface area (Å²) in [4.78, 5) is 25.3. The summed E-state index contributed by atoms with van der Waals surface area (Å²) in [6, 6.07) is 3.53. The smallest absolute Gasteiger partial charge is 0.265 e. The quantitative estimate of drug-likeness (QED) is 0.515. The zero-order chi connectivity index (χ0) is 8.97. The van der Waals surface area contributed by atoms with Crippen LogP contribution in [0.2, 0.25) is 0 Å². The fourth-order valence-electron chi connectivity index (χ4n) is 0.779. The molecule has 12 heavy (non-hydrogen) atoms. The van der Waals surface area contributed by atoms with Crippen molar-refractivity contribution in [3.8, 4) is 0 Å². The number of aliphatic imine (C=N–C) groups is 1. The molecule has 1 aromatic heterocycles. The second-order valence-corrected chi connectivity index (χ2v) is 3.30. The normalized spacial score (nSPS) is 9.08. The van der Waals surface area contributed by atoms with E-state index >= 15 is 0 Å². The lowest BCUT2D eigenvalue weighted by molar-refractivity contribution is 0.101. The van der Waals surface area contributed by atoms with Crippen LogP contribution in [0, 0.1) is 0 Å². The lowest BCUT2D eigenvalue weighted by atomic mass is 10.3. The van der Waals surface area contributed by atoms with Gasteiger partial charge in [-0.25, -0.2) is 4.79 Å². The van der Waals surface area contributed by atoms with Crippen LogP contribution in [0.3, 0.4) is 0 Å². The van der Waals surface area contributed by atoms with Crippen LogP contribution in [-0.4, -0.2) is 12.0 Å². The van der Waals surface area contributed by atoms with Gasteiger partial charge in [0, 0.05) is 4.88 Å². The van der Waals surface area contributed by atoms with Crippen molar-refractivity contribution in [2.75, 3.05) is 0 Å². The molecule has 0 aliphatic rings. The molecule has 0 spiro atoms. The summed E-state index contributed by atoms with van der Waals surface area (Å²) in [6.45, 7) is 2.00. The van der Waals surface area contributed by atoms with Gasteiger partial charge in [0.15, 0.2) is 0 Å². The summed E-state index contributed by atoms with van der Waals surface area (Å²) in [7, 11) is 0. The van der Waals surface area contributed by atoms with E-state index in [9.17, 15) is 9.59 Å². The number of nitrogens with zero attached hydrogens (tertiary/aromatic N) is 1. The van der Waals surface area contributed by atoms with Gasteiger partial charge in [0.1, 0.15) is 0 Å². The molecule has 0 aromatic carbocycles. The van der Waals surface area contributed by atoms with Crippen LogP contribution in [0.4, 0.5) is 0 Å². The first-order chi connectivity index (χ1) is 5.77. The first-order valence-corrected chi connectivity index (χ1v) is 4.30. The van der Waals surface area contributed by atoms with Gasteiger partial charge in [0.2, 0.25) is 6.08 Å². The van der Waals surface area contributed by atoms with Gasteiger partial charge < -0.3 is 0 Å². The maximum atomic E-state index is 11.0. The number of aryl methyl sites for hydroxylation is 1. The summed E-state index contributed by atoms with van der Waals surface area (Å²) in [5, 5.41) is 0. The number of hydrogen-bond donors (Lipinski definition) is 0. The largest absolute Gasteiger partial charge is 0.297 e. The molecule has 62 valence electrons. The Bertz CT molecular complexity index is 337. The molecule has 0 aliphatic carbocycles. The Hall–Kier alpha value is -1.25. The second-order valence-electron chi connectivity index (χ2n) is 2.13. The third kappa shape index (κ3) is 1.87. The molecule has 1 aromatic rings. The zero-order valence-electron chi connectivity index (χ0n) is 6.53. The number of thiophene rings is 1. The van der Waals surface area contributed by atoms with E-state index in [1.807, 2.05) is 13.0 Å². The predicted molar refractivity (Wildman–Crippen MR) is 46.1 cm³/mol. The van der Waals surface area contributed by atoms with Gasteiger partial charge in [-0.2, -0.15) is 0 Å². The molecule has 0 radical (unpaired) electrons. The fraction of sp³-hybridized carbons (Fsp3) is 0.250. The van der Waals surface area contributed by atoms with E-state index in [0.29, 0.717) is 4.88 Å². The van der Waals surface area contributed by atoms with Crippen molar-refractivity contribution in [1.82, 2.24) is 0 Å². The number of carbonyl (C=O) groups excluding carboxylic acids is 2. The highest BCUT2D eigenvalue weighted by molar-refractivity contribution is 7.14. The lowest BCUT2D eigenvalue weighted by Gasteiger charge is -1.84. The average Bonchev–Trinajstić information content (AvgIpc) is 2.52. The van der Waals surface area contributed by atoms with Crippen molar-refractivity contribution in [3.63, 3.8) is 0 Å². The number of amides is 1. The molecule has 4 heteroatoms. The Balaban J connectivity index is 2.88. The van der Waals surface area contributed by atoms with Crippen LogP contribution < -0.4 is 0 Å². The molecule has 0 atom stereocenters. The van der Waals surface area contributed by atoms with Crippen molar-refractivity contribution < 1.29 is 9.59 Å². The summed E-state index contributed by atoms with van der Waals surface area (Å²) in [5.74, 6) is -0.505. The fourth-order valence-corrected chi connectivity index (χ4v) is 1.61. The van der Waals surface area contributed by atoms with E-state index in [4.69, 9.17) is 0 Å². The van der Waals surface area contributed by atoms with Gasteiger partial charge in [-0.3, -0.25) is 4.79 Å². The molecule has 0 unspecified atom stereocenters. The van der Waals surface area contributed by atoms with Crippen LogP contribution in [-0.2, 0) is 11.2 Å². The highest BCUT2D eigenvalue weighted by Gasteiger charge is 2.06. The predicted octanol–water partition coefficient (Wildman–Crippen LogP) is 1.79. The van der Waals surface area contributed by atoms with E-state index in [1.54, 1.807) is 6.07 Å². The van der Waals surface area contributed by atoms with Crippen LogP contribution >= 0.6 is 11.3 Å². The molecular formula is C8H7NO2S. The maximum Gasteiger partial charge on any atom is 0.297 e. The van der Waals surface area contributed by atoms with Gasteiger partial charge >= 0.3 is 0 Å². The van der Waals surface area contributed by atoms with Gasteiger partial charge in [0.25, 0.3) is 5.91 Å². The van der Waals surface area contributed by atoms with E-state index < -0.39 is 5.91 Å². The average molecular weight is 181 g/mol. The van der Waals surface area contributed by atoms with E-state index in [0.717, 1.165) is 11.3 Å². The third-order valence-electron chi connectivity index (χ3n) is 1.37. The molecule has 3 nitrogen and oxygen atoms in total. The maximum absolute atomic E-state index is 11.0. The highest BCUT2D eigenvalue weighted by atomic mass is 32.1. The Morgan fingerprint density at radius 2 is 2.42 bits per heavy atom. The van der Waals surface area contributed by atoms with Crippen molar-refractivity contribution in [2.24, 2.45) is 4.99 Å². The van der Waals surface area contributed by atoms with E-state index in [2.05, 4.69) is 4.99 Å². The molecule has 1 rings (SSSR count). The number of carbonyl (C=O) groups is 1. The van der Waals surface area contributed by atoms with Crippen molar-refractivity contribution in [2.45, 2.75) is 13.3 Å². The molecule has 0 N–H and O–H groups in total. The minimum atomic E-state index is -0.505. The monoisotopic (exact) mass is 181 g/mol. The van der Waals surface area contributed by atoms with Crippen molar-refractivity contribution in [3.05, 3.63) is 21.9 Å². The molecule has 0 saturated heterocycles. The summed E-state index contributed by atoms with van der Waals surface area (Å²) in [5.41, 5.74) is 0. The van der Waals surface area contributed by atoms with Crippen LogP contribution in [0.5, 0.6) is 0 Å². The van der Waals surface area contributed by atoms with Gasteiger partial charge in [-0.1, -0.05) is 6.92 Å². The van der Waals surface area contributed by atoms with Gasteiger partial charge in [-0.05, 0) is 18.6 Å². The topological polar surface area (TPSA) is 46.5 Å². The minimum Gasteiger partial charge on any atom is -0.265 e. The molecule has 0 saturated carbocycles. The summed E-state index contributed by atoms with van der Waals surface area (Å²) < 4.78 is 0. The number of rotatable bonds is 2. The van der Waals surface area contributed by atoms with Gasteiger partial charge in [0.05, 0.1) is 4.88 Å². The Labute approximate surface area is 73.7 Å². The molecule has 0 aliphatic heterocycles. The van der Waals surface area contributed by atoms with E-state index in [-0.39, 0.29) is 0 Å². The number of hydrogen-bond acceptors (Lipinski definition) is 3. The highest BCUT2D eigenvalue weighted by Crippen LogP contribution is 2.17. The zero-order valence-corrected chi connectivity index (χ0v) is 7.35. The van der Waals surface area contributed by atoms with Crippen molar-refractivity contribution in [1.29, 1.82) is 0 Å². The number of isocyanates is 1. The standard InChI is InChI=1S/C8H7NO2S/c1-2-6-3-4-7(12-6)8(11)9-5-10/h3-4H,2H2,1H3. The first-order valence-electron chi connectivity index (χ1n) is 3.49. The third-order valence-corrected chi connectivity index (χ3v) is 2.59. The molecule has 1 heterocycles. The van der Waals surface area contributed by atoms with Crippen LogP contribution in [0.25, 0.3) is 0 Å². The van der Waals surface area contributed by atoms with E-state index in [1.165, 1.54) is 17.4 Å². The molecule has 0 bridgehead atoms. The first kappa shape index (κ1) is 8.84. The molecular weight excluding hydrogens is 174 g/mol. The Kier molecular flexibility index (Phi) is 2.91. The van der Waals surface area contributed by atoms with Crippen LogP contribution in [0.15, 0.2) is 17.1 Å². The lowest BCUT2D eigenvalue weighted by Crippen LogP contribution is -1.87. The van der Waals surface area contributed by atoms with Crippen molar-refractivity contribution >= 4 is 23.3 Å². The molecule has 1 amide bonds. The summed E-state index contributed by atoms with van der Waals surface area (Å²) in [6.07, 6.45) is 2.12. The van der Waals surface area contributed by atoms with Gasteiger partial charge in [-0.15, -0.1) is 16.3 Å². The summed E-state index contributed by atoms with van der Waals surface area (Å²) >= 11 is 1.36. The minimum absolute atomic E-state index is 0.496. The molecule has 0 fully saturated rings. The van der Waals surface area contributed by atoms with Crippen LogP contribution in [0.1, 0.15) is 21.5 Å². The SMILES string of the molecule is CCc1ccc(C(=O)N=C=O)s1. The Morgan fingerprint density at radius 1 is 1.67 bits per heavy atom. The Morgan fingerprint density at radius 3 is 2.92 bits per heavy atom.